The first kappa shape index (κ1) is 14.9. The predicted molar refractivity (Wildman–Crippen MR) is 92.3 cm³/mol. The topological polar surface area (TPSA) is 54.7 Å². The molecule has 0 saturated heterocycles. The minimum atomic E-state index is 0.0675. The zero-order valence-corrected chi connectivity index (χ0v) is 13.9. The summed E-state index contributed by atoms with van der Waals surface area (Å²) in [6, 6.07) is 12.1. The van der Waals surface area contributed by atoms with Gasteiger partial charge < -0.3 is 10.7 Å². The number of thiophene rings is 1. The predicted octanol–water partition coefficient (Wildman–Crippen LogP) is 4.85. The highest BCUT2D eigenvalue weighted by atomic mass is 35.5. The Labute approximate surface area is 136 Å². The van der Waals surface area contributed by atoms with Crippen LogP contribution in [-0.4, -0.2) is 16.0 Å². The molecule has 110 valence electrons. The molecule has 0 fully saturated rings. The van der Waals surface area contributed by atoms with Crippen molar-refractivity contribution in [3.63, 3.8) is 0 Å². The molecule has 2 atom stereocenters. The summed E-state index contributed by atoms with van der Waals surface area (Å²) in [5, 5.41) is 1.06. The molecule has 0 aliphatic heterocycles. The van der Waals surface area contributed by atoms with Crippen LogP contribution in [0.2, 0.25) is 4.34 Å². The van der Waals surface area contributed by atoms with Crippen molar-refractivity contribution >= 4 is 45.7 Å². The highest BCUT2D eigenvalue weighted by molar-refractivity contribution is 7.99. The second-order valence-electron chi connectivity index (χ2n) is 4.81. The third kappa shape index (κ3) is 3.26. The smallest absolute Gasteiger partial charge is 0.167 e. The summed E-state index contributed by atoms with van der Waals surface area (Å²) < 4.78 is 0.795. The average Bonchev–Trinajstić information content (AvgIpc) is 3.09. The summed E-state index contributed by atoms with van der Waals surface area (Å²) in [5.74, 6) is 0. The molecule has 0 bridgehead atoms. The summed E-state index contributed by atoms with van der Waals surface area (Å²) in [4.78, 5) is 9.17. The first-order valence-corrected chi connectivity index (χ1v) is 8.87. The molecule has 0 saturated carbocycles. The van der Waals surface area contributed by atoms with Crippen LogP contribution >= 0.6 is 34.7 Å². The lowest BCUT2D eigenvalue weighted by molar-refractivity contribution is 0.638. The van der Waals surface area contributed by atoms with Crippen molar-refractivity contribution in [2.45, 2.75) is 29.8 Å². The number of nitrogens with one attached hydrogen (secondary N) is 1. The Kier molecular flexibility index (Phi) is 4.54. The first-order chi connectivity index (χ1) is 10.2. The van der Waals surface area contributed by atoms with E-state index < -0.39 is 0 Å². The van der Waals surface area contributed by atoms with Crippen molar-refractivity contribution in [1.82, 2.24) is 9.97 Å². The Bertz CT molecular complexity index is 704. The fourth-order valence-electron chi connectivity index (χ4n) is 2.16. The second-order valence-corrected chi connectivity index (χ2v) is 7.69. The number of hydrogen-bond acceptors (Lipinski definition) is 4. The number of rotatable bonds is 5. The van der Waals surface area contributed by atoms with Crippen LogP contribution in [0.25, 0.3) is 11.0 Å². The molecule has 1 aromatic carbocycles. The van der Waals surface area contributed by atoms with Crippen LogP contribution in [0.5, 0.6) is 0 Å². The van der Waals surface area contributed by atoms with Gasteiger partial charge in [-0.2, -0.15) is 0 Å². The minimum Gasteiger partial charge on any atom is -0.333 e. The largest absolute Gasteiger partial charge is 0.333 e. The molecule has 3 rings (SSSR count). The van der Waals surface area contributed by atoms with Gasteiger partial charge in [-0.25, -0.2) is 4.98 Å². The molecule has 3 N–H and O–H groups in total. The SMILES string of the molecule is CCC(N)C(Sc1nc2ccccc2[nH]1)c1ccc(Cl)s1. The number of benzene rings is 1. The number of imidazole rings is 1. The minimum absolute atomic E-state index is 0.0675. The molecular weight excluding hydrogens is 322 g/mol. The molecule has 6 heteroatoms. The van der Waals surface area contributed by atoms with Crippen LogP contribution in [0.4, 0.5) is 0 Å². The Balaban J connectivity index is 1.90. The van der Waals surface area contributed by atoms with Crippen LogP contribution in [0.1, 0.15) is 23.5 Å². The number of aromatic amines is 1. The second kappa shape index (κ2) is 6.40. The van der Waals surface area contributed by atoms with Gasteiger partial charge in [0.1, 0.15) is 0 Å². The maximum atomic E-state index is 6.30. The van der Waals surface area contributed by atoms with Crippen molar-refractivity contribution in [2.75, 3.05) is 0 Å². The highest BCUT2D eigenvalue weighted by Gasteiger charge is 2.23. The van der Waals surface area contributed by atoms with Crippen LogP contribution < -0.4 is 5.73 Å². The monoisotopic (exact) mass is 337 g/mol. The van der Waals surface area contributed by atoms with Crippen molar-refractivity contribution in [2.24, 2.45) is 5.73 Å². The lowest BCUT2D eigenvalue weighted by Crippen LogP contribution is -2.25. The Morgan fingerprint density at radius 1 is 1.33 bits per heavy atom. The van der Waals surface area contributed by atoms with Crippen molar-refractivity contribution in [1.29, 1.82) is 0 Å². The first-order valence-electron chi connectivity index (χ1n) is 6.79. The van der Waals surface area contributed by atoms with E-state index in [1.54, 1.807) is 23.1 Å². The molecule has 0 radical (unpaired) electrons. The third-order valence-electron chi connectivity index (χ3n) is 3.34. The Hall–Kier alpha value is -1.01. The van der Waals surface area contributed by atoms with Crippen LogP contribution in [-0.2, 0) is 0 Å². The van der Waals surface area contributed by atoms with E-state index in [9.17, 15) is 0 Å². The number of nitrogens with two attached hydrogens (primary N) is 1. The van der Waals surface area contributed by atoms with Crippen LogP contribution in [0, 0.1) is 0 Å². The maximum Gasteiger partial charge on any atom is 0.167 e. The van der Waals surface area contributed by atoms with E-state index >= 15 is 0 Å². The number of aromatic nitrogens is 2. The maximum absolute atomic E-state index is 6.30. The summed E-state index contributed by atoms with van der Waals surface area (Å²) >= 11 is 9.33. The zero-order chi connectivity index (χ0) is 14.8. The average molecular weight is 338 g/mol. The van der Waals surface area contributed by atoms with Gasteiger partial charge in [0.05, 0.1) is 20.6 Å². The number of para-hydroxylation sites is 2. The number of H-pyrrole nitrogens is 1. The van der Waals surface area contributed by atoms with Gasteiger partial charge in [-0.1, -0.05) is 42.4 Å². The molecule has 3 aromatic rings. The molecule has 2 unspecified atom stereocenters. The van der Waals surface area contributed by atoms with E-state index in [1.807, 2.05) is 30.3 Å². The van der Waals surface area contributed by atoms with Crippen molar-refractivity contribution < 1.29 is 0 Å². The van der Waals surface area contributed by atoms with E-state index in [0.717, 1.165) is 26.9 Å². The van der Waals surface area contributed by atoms with E-state index in [0.29, 0.717) is 0 Å². The quantitative estimate of drug-likeness (QED) is 0.654. The number of hydrogen-bond donors (Lipinski definition) is 2. The molecule has 0 spiro atoms. The molecule has 0 aliphatic carbocycles. The van der Waals surface area contributed by atoms with Gasteiger partial charge in [-0.15, -0.1) is 11.3 Å². The molecule has 0 amide bonds. The lowest BCUT2D eigenvalue weighted by Gasteiger charge is -2.20. The van der Waals surface area contributed by atoms with Gasteiger partial charge in [0, 0.05) is 10.9 Å². The molecule has 3 nitrogen and oxygen atoms in total. The molecule has 2 aromatic heterocycles. The molecular formula is C15H16ClN3S2. The van der Waals surface area contributed by atoms with Crippen molar-refractivity contribution in [3.05, 3.63) is 45.6 Å². The summed E-state index contributed by atoms with van der Waals surface area (Å²) in [6.07, 6.45) is 0.910. The van der Waals surface area contributed by atoms with E-state index in [-0.39, 0.29) is 11.3 Å². The van der Waals surface area contributed by atoms with Gasteiger partial charge in [0.15, 0.2) is 5.16 Å². The Morgan fingerprint density at radius 2 is 2.14 bits per heavy atom. The summed E-state index contributed by atoms with van der Waals surface area (Å²) in [7, 11) is 0. The van der Waals surface area contributed by atoms with Crippen molar-refractivity contribution in [3.8, 4) is 0 Å². The van der Waals surface area contributed by atoms with E-state index in [1.165, 1.54) is 4.88 Å². The third-order valence-corrected chi connectivity index (χ3v) is 6.08. The molecule has 2 heterocycles. The molecule has 0 aliphatic rings. The Morgan fingerprint density at radius 3 is 2.81 bits per heavy atom. The lowest BCUT2D eigenvalue weighted by atomic mass is 10.1. The van der Waals surface area contributed by atoms with Gasteiger partial charge in [-0.05, 0) is 30.7 Å². The molecule has 21 heavy (non-hydrogen) atoms. The zero-order valence-electron chi connectivity index (χ0n) is 11.5. The summed E-state index contributed by atoms with van der Waals surface area (Å²) in [6.45, 7) is 2.10. The van der Waals surface area contributed by atoms with E-state index in [4.69, 9.17) is 17.3 Å². The standard InChI is InChI=1S/C15H16ClN3S2/c1-2-9(17)14(12-7-8-13(16)20-12)21-15-18-10-5-3-4-6-11(10)19-15/h3-9,14H,2,17H2,1H3,(H,18,19). The fraction of sp³-hybridized carbons (Fsp3) is 0.267. The number of thioether (sulfide) groups is 1. The van der Waals surface area contributed by atoms with Gasteiger partial charge in [-0.3, -0.25) is 0 Å². The van der Waals surface area contributed by atoms with Gasteiger partial charge in [0.25, 0.3) is 0 Å². The number of nitrogens with zero attached hydrogens (tertiary/aromatic N) is 1. The number of fused-ring (bicyclic) bond motifs is 1. The van der Waals surface area contributed by atoms with Crippen LogP contribution in [0.15, 0.2) is 41.6 Å². The van der Waals surface area contributed by atoms with Gasteiger partial charge >= 0.3 is 0 Å². The highest BCUT2D eigenvalue weighted by Crippen LogP contribution is 2.41. The van der Waals surface area contributed by atoms with Gasteiger partial charge in [0.2, 0.25) is 0 Å². The normalized spacial score (nSPS) is 14.4. The van der Waals surface area contributed by atoms with E-state index in [2.05, 4.69) is 23.0 Å². The van der Waals surface area contributed by atoms with Crippen LogP contribution in [0.3, 0.4) is 0 Å². The number of halogens is 1. The fourth-order valence-corrected chi connectivity index (χ4v) is 4.69. The summed E-state index contributed by atoms with van der Waals surface area (Å²) in [5.41, 5.74) is 8.33.